The summed E-state index contributed by atoms with van der Waals surface area (Å²) in [6.07, 6.45) is 2.94. The molecule has 0 fully saturated rings. The molecule has 3 aromatic rings. The van der Waals surface area contributed by atoms with Gasteiger partial charge in [0.15, 0.2) is 24.2 Å². The first kappa shape index (κ1) is 16.5. The van der Waals surface area contributed by atoms with Crippen molar-refractivity contribution in [2.75, 3.05) is 21.3 Å². The summed E-state index contributed by atoms with van der Waals surface area (Å²) >= 11 is 0. The Balaban J connectivity index is 2.03. The highest BCUT2D eigenvalue weighted by molar-refractivity contribution is 5.94. The fourth-order valence-corrected chi connectivity index (χ4v) is 3.93. The lowest BCUT2D eigenvalue weighted by Gasteiger charge is -2.22. The van der Waals surface area contributed by atoms with Crippen molar-refractivity contribution < 1.29 is 23.9 Å². The predicted molar refractivity (Wildman–Crippen MR) is 97.1 cm³/mol. The maximum atomic E-state index is 12.3. The van der Waals surface area contributed by atoms with Crippen molar-refractivity contribution in [3.8, 4) is 34.3 Å². The van der Waals surface area contributed by atoms with Gasteiger partial charge in [-0.1, -0.05) is 11.8 Å². The van der Waals surface area contributed by atoms with Gasteiger partial charge in [-0.05, 0) is 30.7 Å². The molecule has 4 rings (SSSR count). The third-order valence-corrected chi connectivity index (χ3v) is 5.18. The number of ether oxygens (including phenoxy) is 3. The van der Waals surface area contributed by atoms with Gasteiger partial charge >= 0.3 is 0 Å². The molecule has 0 aliphatic carbocycles. The summed E-state index contributed by atoms with van der Waals surface area (Å²) in [6, 6.07) is 7.53. The van der Waals surface area contributed by atoms with E-state index in [-0.39, 0.29) is 5.75 Å². The third kappa shape index (κ3) is 2.27. The van der Waals surface area contributed by atoms with Crippen LogP contribution in [-0.4, -0.2) is 21.3 Å². The van der Waals surface area contributed by atoms with E-state index in [9.17, 15) is 5.11 Å². The molecule has 0 saturated heterocycles. The average molecular weight is 351 g/mol. The number of fused-ring (bicyclic) bond motifs is 4. The van der Waals surface area contributed by atoms with Crippen LogP contribution in [-0.2, 0) is 13.0 Å². The number of benzene rings is 2. The van der Waals surface area contributed by atoms with E-state index in [4.69, 9.17) is 14.2 Å². The minimum Gasteiger partial charge on any atom is -0.870 e. The second-order valence-corrected chi connectivity index (χ2v) is 6.47. The van der Waals surface area contributed by atoms with Crippen molar-refractivity contribution in [3.63, 3.8) is 0 Å². The Kier molecular flexibility index (Phi) is 3.87. The standard InChI is InChI=1S/C21H21NO4/c1-12-14-5-6-18(24-2)21(26-4)16(14)11-22-8-7-13-9-19(25-3)17(23)10-15(13)20(12)22/h5-6,9-11H,7-8H2,1-4H3. The highest BCUT2D eigenvalue weighted by Gasteiger charge is 2.28. The molecule has 2 heterocycles. The van der Waals surface area contributed by atoms with Gasteiger partial charge in [0, 0.05) is 22.9 Å². The molecule has 0 spiro atoms. The van der Waals surface area contributed by atoms with E-state index in [1.54, 1.807) is 20.3 Å². The van der Waals surface area contributed by atoms with Crippen LogP contribution in [0.5, 0.6) is 23.0 Å². The normalized spacial score (nSPS) is 12.5. The van der Waals surface area contributed by atoms with E-state index in [2.05, 4.69) is 17.7 Å². The number of aromatic nitrogens is 1. The summed E-state index contributed by atoms with van der Waals surface area (Å²) in [7, 11) is 4.83. The number of methoxy groups -OCH3 is 3. The molecular weight excluding hydrogens is 330 g/mol. The van der Waals surface area contributed by atoms with Crippen LogP contribution >= 0.6 is 0 Å². The minimum absolute atomic E-state index is 0.0912. The Morgan fingerprint density at radius 2 is 1.73 bits per heavy atom. The van der Waals surface area contributed by atoms with Gasteiger partial charge in [0.2, 0.25) is 5.69 Å². The number of nitrogens with zero attached hydrogens (tertiary/aromatic N) is 1. The molecule has 1 aromatic heterocycles. The van der Waals surface area contributed by atoms with Crippen molar-refractivity contribution >= 4 is 10.8 Å². The van der Waals surface area contributed by atoms with Gasteiger partial charge in [-0.15, -0.1) is 0 Å². The molecule has 5 heteroatoms. The Labute approximate surface area is 152 Å². The molecular formula is C21H21NO4. The Bertz CT molecular complexity index is 1030. The smallest absolute Gasteiger partial charge is 0.216 e. The lowest BCUT2D eigenvalue weighted by Crippen LogP contribution is -2.41. The summed E-state index contributed by atoms with van der Waals surface area (Å²) in [5.41, 5.74) is 4.32. The van der Waals surface area contributed by atoms with Gasteiger partial charge in [-0.3, -0.25) is 0 Å². The summed E-state index contributed by atoms with van der Waals surface area (Å²) < 4.78 is 18.5. The fraction of sp³-hybridized carbons (Fsp3) is 0.286. The molecule has 134 valence electrons. The molecule has 1 aliphatic heterocycles. The quantitative estimate of drug-likeness (QED) is 0.681. The minimum atomic E-state index is -0.0912. The zero-order chi connectivity index (χ0) is 18.4. The summed E-state index contributed by atoms with van der Waals surface area (Å²) in [4.78, 5) is 0. The zero-order valence-corrected chi connectivity index (χ0v) is 15.4. The lowest BCUT2D eigenvalue weighted by atomic mass is 9.91. The number of aryl methyl sites for hydroxylation is 3. The van der Waals surface area contributed by atoms with Crippen LogP contribution in [0.4, 0.5) is 0 Å². The van der Waals surface area contributed by atoms with Crippen LogP contribution in [0.2, 0.25) is 0 Å². The van der Waals surface area contributed by atoms with Crippen molar-refractivity contribution in [2.24, 2.45) is 0 Å². The third-order valence-electron chi connectivity index (χ3n) is 5.18. The molecule has 0 bridgehead atoms. The first-order valence-electron chi connectivity index (χ1n) is 8.55. The lowest BCUT2D eigenvalue weighted by molar-refractivity contribution is -0.686. The molecule has 0 atom stereocenters. The largest absolute Gasteiger partial charge is 0.870 e. The molecule has 0 amide bonds. The van der Waals surface area contributed by atoms with Crippen LogP contribution in [0, 0.1) is 6.92 Å². The monoisotopic (exact) mass is 351 g/mol. The summed E-state index contributed by atoms with van der Waals surface area (Å²) in [5.74, 6) is 1.75. The molecule has 5 nitrogen and oxygen atoms in total. The van der Waals surface area contributed by atoms with E-state index in [0.717, 1.165) is 51.9 Å². The van der Waals surface area contributed by atoms with Crippen LogP contribution < -0.4 is 23.9 Å². The van der Waals surface area contributed by atoms with E-state index < -0.39 is 0 Å². The number of hydrogen-bond donors (Lipinski definition) is 0. The van der Waals surface area contributed by atoms with E-state index in [0.29, 0.717) is 11.5 Å². The van der Waals surface area contributed by atoms with Gasteiger partial charge < -0.3 is 19.3 Å². The number of rotatable bonds is 3. The first-order chi connectivity index (χ1) is 12.6. The Morgan fingerprint density at radius 1 is 0.962 bits per heavy atom. The van der Waals surface area contributed by atoms with Crippen LogP contribution in [0.15, 0.2) is 30.5 Å². The van der Waals surface area contributed by atoms with Gasteiger partial charge in [0.1, 0.15) is 5.75 Å². The zero-order valence-electron chi connectivity index (χ0n) is 15.4. The molecule has 2 aromatic carbocycles. The molecule has 0 N–H and O–H groups in total. The van der Waals surface area contributed by atoms with Crippen molar-refractivity contribution in [1.29, 1.82) is 0 Å². The maximum Gasteiger partial charge on any atom is 0.216 e. The maximum absolute atomic E-state index is 12.3. The van der Waals surface area contributed by atoms with E-state index in [1.807, 2.05) is 18.2 Å². The Hall–Kier alpha value is -2.95. The molecule has 0 radical (unpaired) electrons. The number of pyridine rings is 1. The fourth-order valence-electron chi connectivity index (χ4n) is 3.93. The van der Waals surface area contributed by atoms with E-state index in [1.165, 1.54) is 7.11 Å². The second-order valence-electron chi connectivity index (χ2n) is 6.47. The first-order valence-corrected chi connectivity index (χ1v) is 8.55. The molecule has 0 unspecified atom stereocenters. The second kappa shape index (κ2) is 6.09. The van der Waals surface area contributed by atoms with Gasteiger partial charge in [0.25, 0.3) is 0 Å². The van der Waals surface area contributed by atoms with Crippen molar-refractivity contribution in [1.82, 2.24) is 0 Å². The molecule has 0 saturated carbocycles. The van der Waals surface area contributed by atoms with Gasteiger partial charge in [-0.25, -0.2) is 0 Å². The Morgan fingerprint density at radius 3 is 2.42 bits per heavy atom. The predicted octanol–water partition coefficient (Wildman–Crippen LogP) is 2.76. The summed E-state index contributed by atoms with van der Waals surface area (Å²) in [6.45, 7) is 2.92. The van der Waals surface area contributed by atoms with Crippen LogP contribution in [0.25, 0.3) is 22.0 Å². The SMILES string of the molecule is COc1cc2c(cc1[O-])-c1c(C)c3ccc(OC)c(OC)c3c[n+]1CC2. The van der Waals surface area contributed by atoms with Gasteiger partial charge in [0.05, 0.1) is 26.7 Å². The van der Waals surface area contributed by atoms with Crippen molar-refractivity contribution in [2.45, 2.75) is 19.9 Å². The number of hydrogen-bond acceptors (Lipinski definition) is 4. The van der Waals surface area contributed by atoms with Crippen LogP contribution in [0.3, 0.4) is 0 Å². The summed E-state index contributed by atoms with van der Waals surface area (Å²) in [5, 5.41) is 14.4. The van der Waals surface area contributed by atoms with E-state index >= 15 is 0 Å². The van der Waals surface area contributed by atoms with Crippen molar-refractivity contribution in [3.05, 3.63) is 41.6 Å². The highest BCUT2D eigenvalue weighted by Crippen LogP contribution is 2.41. The highest BCUT2D eigenvalue weighted by atomic mass is 16.5. The average Bonchev–Trinajstić information content (AvgIpc) is 2.66. The van der Waals surface area contributed by atoms with Gasteiger partial charge in [-0.2, -0.15) is 4.57 Å². The molecule has 26 heavy (non-hydrogen) atoms. The topological polar surface area (TPSA) is 54.6 Å². The van der Waals surface area contributed by atoms with Crippen LogP contribution in [0.1, 0.15) is 11.1 Å². The molecule has 1 aliphatic rings.